The highest BCUT2D eigenvalue weighted by molar-refractivity contribution is 5.95. The van der Waals surface area contributed by atoms with Crippen LogP contribution in [0.15, 0.2) is 48.0 Å². The summed E-state index contributed by atoms with van der Waals surface area (Å²) in [6.45, 7) is 2.06. The molecule has 5 rings (SSSR count). The number of aliphatic imine (C=N–C) groups is 1. The molecule has 0 aliphatic carbocycles. The molecule has 6 nitrogen and oxygen atoms in total. The second-order valence-electron chi connectivity index (χ2n) is 6.36. The zero-order chi connectivity index (χ0) is 16.8. The Hall–Kier alpha value is -3.28. The van der Waals surface area contributed by atoms with Crippen molar-refractivity contribution < 1.29 is 0 Å². The van der Waals surface area contributed by atoms with Crippen LogP contribution in [0.5, 0.6) is 0 Å². The zero-order valence-electron chi connectivity index (χ0n) is 13.7. The summed E-state index contributed by atoms with van der Waals surface area (Å²) in [6, 6.07) is 6.19. The first-order valence-corrected chi connectivity index (χ1v) is 8.28. The molecule has 25 heavy (non-hydrogen) atoms. The van der Waals surface area contributed by atoms with E-state index in [2.05, 4.69) is 49.2 Å². The number of rotatable bonds is 2. The molecule has 0 atom stereocenters. The van der Waals surface area contributed by atoms with Crippen LogP contribution in [0.2, 0.25) is 0 Å². The van der Waals surface area contributed by atoms with Gasteiger partial charge in [0.25, 0.3) is 0 Å². The van der Waals surface area contributed by atoms with Gasteiger partial charge in [-0.25, -0.2) is 4.98 Å². The molecular weight excluding hydrogens is 312 g/mol. The van der Waals surface area contributed by atoms with Crippen molar-refractivity contribution in [3.63, 3.8) is 0 Å². The fraction of sp³-hybridized carbons (Fsp3) is 0.158. The summed E-state index contributed by atoms with van der Waals surface area (Å²) < 4.78 is 0. The largest absolute Gasteiger partial charge is 0.353 e. The SMILES string of the molecule is CC1=NC=C(c2cnc3n[nH]c(-c4cc5cnccc5[nH]4)c3c2)CC1. The summed E-state index contributed by atoms with van der Waals surface area (Å²) in [4.78, 5) is 16.6. The fourth-order valence-electron chi connectivity index (χ4n) is 3.24. The van der Waals surface area contributed by atoms with Crippen LogP contribution in [0.1, 0.15) is 25.3 Å². The second-order valence-corrected chi connectivity index (χ2v) is 6.36. The molecule has 0 saturated carbocycles. The molecule has 4 aromatic rings. The van der Waals surface area contributed by atoms with Gasteiger partial charge in [-0.05, 0) is 49.1 Å². The van der Waals surface area contributed by atoms with Crippen LogP contribution in [0.3, 0.4) is 0 Å². The summed E-state index contributed by atoms with van der Waals surface area (Å²) in [7, 11) is 0. The predicted octanol–water partition coefficient (Wildman–Crippen LogP) is 4.10. The van der Waals surface area contributed by atoms with E-state index in [0.717, 1.165) is 46.1 Å². The first kappa shape index (κ1) is 14.1. The van der Waals surface area contributed by atoms with Crippen LogP contribution < -0.4 is 0 Å². The van der Waals surface area contributed by atoms with Gasteiger partial charge in [0, 0.05) is 46.8 Å². The number of allylic oxidation sites excluding steroid dienone is 1. The molecule has 4 aromatic heterocycles. The molecule has 1 aliphatic rings. The lowest BCUT2D eigenvalue weighted by Gasteiger charge is -2.11. The van der Waals surface area contributed by atoms with E-state index < -0.39 is 0 Å². The third-order valence-electron chi connectivity index (χ3n) is 4.67. The van der Waals surface area contributed by atoms with E-state index in [1.54, 1.807) is 6.20 Å². The molecule has 5 heterocycles. The lowest BCUT2D eigenvalue weighted by Crippen LogP contribution is -1.98. The van der Waals surface area contributed by atoms with Gasteiger partial charge >= 0.3 is 0 Å². The highest BCUT2D eigenvalue weighted by Crippen LogP contribution is 2.31. The van der Waals surface area contributed by atoms with Crippen molar-refractivity contribution in [2.45, 2.75) is 19.8 Å². The van der Waals surface area contributed by atoms with E-state index in [-0.39, 0.29) is 0 Å². The van der Waals surface area contributed by atoms with Gasteiger partial charge in [0.05, 0.1) is 11.4 Å². The first-order chi connectivity index (χ1) is 12.3. The minimum Gasteiger partial charge on any atom is -0.353 e. The molecule has 0 amide bonds. The highest BCUT2D eigenvalue weighted by atomic mass is 15.2. The van der Waals surface area contributed by atoms with Gasteiger partial charge in [-0.1, -0.05) is 0 Å². The van der Waals surface area contributed by atoms with Crippen LogP contribution in [-0.4, -0.2) is 30.9 Å². The summed E-state index contributed by atoms with van der Waals surface area (Å²) >= 11 is 0. The molecule has 0 radical (unpaired) electrons. The average molecular weight is 328 g/mol. The first-order valence-electron chi connectivity index (χ1n) is 8.28. The van der Waals surface area contributed by atoms with E-state index in [1.807, 2.05) is 24.7 Å². The number of hydrogen-bond donors (Lipinski definition) is 2. The summed E-state index contributed by atoms with van der Waals surface area (Å²) in [5.74, 6) is 0. The van der Waals surface area contributed by atoms with Gasteiger partial charge in [0.15, 0.2) is 5.65 Å². The normalized spacial score (nSPS) is 14.8. The van der Waals surface area contributed by atoms with Crippen LogP contribution in [0, 0.1) is 0 Å². The molecule has 0 bridgehead atoms. The molecule has 1 aliphatic heterocycles. The quantitative estimate of drug-likeness (QED) is 0.581. The van der Waals surface area contributed by atoms with E-state index in [9.17, 15) is 0 Å². The summed E-state index contributed by atoms with van der Waals surface area (Å²) in [5, 5.41) is 9.54. The average Bonchev–Trinajstić information content (AvgIpc) is 3.25. The zero-order valence-corrected chi connectivity index (χ0v) is 13.7. The van der Waals surface area contributed by atoms with E-state index in [4.69, 9.17) is 0 Å². The van der Waals surface area contributed by atoms with Crippen molar-refractivity contribution in [3.05, 3.63) is 48.6 Å². The van der Waals surface area contributed by atoms with E-state index >= 15 is 0 Å². The lowest BCUT2D eigenvalue weighted by atomic mass is 9.99. The van der Waals surface area contributed by atoms with Crippen molar-refractivity contribution in [1.82, 2.24) is 25.1 Å². The standard InChI is InChI=1S/C19H16N6/c1-11-2-3-12(9-21-11)13-6-15-18(24-25-19(15)22-10-13)17-7-14-8-20-5-4-16(14)23-17/h4-10,23H,2-3H2,1H3,(H,22,24,25). The Balaban J connectivity index is 1.65. The van der Waals surface area contributed by atoms with Gasteiger partial charge in [0.1, 0.15) is 0 Å². The number of fused-ring (bicyclic) bond motifs is 2. The third-order valence-corrected chi connectivity index (χ3v) is 4.67. The molecule has 0 unspecified atom stereocenters. The maximum absolute atomic E-state index is 4.52. The van der Waals surface area contributed by atoms with E-state index in [1.165, 1.54) is 11.3 Å². The van der Waals surface area contributed by atoms with Gasteiger partial charge in [-0.2, -0.15) is 5.10 Å². The van der Waals surface area contributed by atoms with E-state index in [0.29, 0.717) is 5.65 Å². The molecule has 2 N–H and O–H groups in total. The highest BCUT2D eigenvalue weighted by Gasteiger charge is 2.14. The molecule has 0 aromatic carbocycles. The van der Waals surface area contributed by atoms with Crippen LogP contribution in [-0.2, 0) is 0 Å². The van der Waals surface area contributed by atoms with Crippen LogP contribution in [0.25, 0.3) is 38.9 Å². The monoisotopic (exact) mass is 328 g/mol. The number of H-pyrrole nitrogens is 2. The number of pyridine rings is 2. The Morgan fingerprint density at radius 2 is 2.08 bits per heavy atom. The Labute approximate surface area is 143 Å². The predicted molar refractivity (Wildman–Crippen MR) is 99.3 cm³/mol. The maximum Gasteiger partial charge on any atom is 0.181 e. The van der Waals surface area contributed by atoms with Gasteiger partial charge in [-0.3, -0.25) is 15.1 Å². The van der Waals surface area contributed by atoms with Gasteiger partial charge in [0.2, 0.25) is 0 Å². The topological polar surface area (TPSA) is 82.6 Å². The van der Waals surface area contributed by atoms with Crippen LogP contribution in [0.4, 0.5) is 0 Å². The van der Waals surface area contributed by atoms with Crippen molar-refractivity contribution in [2.75, 3.05) is 0 Å². The summed E-state index contributed by atoms with van der Waals surface area (Å²) in [6.07, 6.45) is 9.46. The fourth-order valence-corrected chi connectivity index (χ4v) is 3.24. The van der Waals surface area contributed by atoms with Gasteiger partial charge in [-0.15, -0.1) is 0 Å². The second kappa shape index (κ2) is 5.37. The minimum absolute atomic E-state index is 0.714. The van der Waals surface area contributed by atoms with Gasteiger partial charge < -0.3 is 4.98 Å². The third kappa shape index (κ3) is 2.34. The molecule has 6 heteroatoms. The lowest BCUT2D eigenvalue weighted by molar-refractivity contribution is 1.07. The molecular formula is C19H16N6. The number of hydrogen-bond acceptors (Lipinski definition) is 4. The number of nitrogens with zero attached hydrogens (tertiary/aromatic N) is 4. The van der Waals surface area contributed by atoms with Crippen LogP contribution >= 0.6 is 0 Å². The van der Waals surface area contributed by atoms with Crippen molar-refractivity contribution in [2.24, 2.45) is 4.99 Å². The number of aromatic nitrogens is 5. The number of aromatic amines is 2. The smallest absolute Gasteiger partial charge is 0.181 e. The molecule has 122 valence electrons. The molecule has 0 fully saturated rings. The Morgan fingerprint density at radius 1 is 1.12 bits per heavy atom. The Morgan fingerprint density at radius 3 is 2.92 bits per heavy atom. The maximum atomic E-state index is 4.52. The minimum atomic E-state index is 0.714. The van der Waals surface area contributed by atoms with Crippen molar-refractivity contribution in [1.29, 1.82) is 0 Å². The molecule has 0 saturated heterocycles. The molecule has 0 spiro atoms. The summed E-state index contributed by atoms with van der Waals surface area (Å²) in [5.41, 5.74) is 7.18. The van der Waals surface area contributed by atoms with Crippen molar-refractivity contribution >= 4 is 33.2 Å². The Bertz CT molecular complexity index is 1130. The number of nitrogens with one attached hydrogen (secondary N) is 2. The van der Waals surface area contributed by atoms with Crippen molar-refractivity contribution in [3.8, 4) is 11.4 Å². The Kier molecular flexibility index (Phi) is 3.03.